The lowest BCUT2D eigenvalue weighted by molar-refractivity contribution is -0.917. The van der Waals surface area contributed by atoms with Crippen molar-refractivity contribution in [3.05, 3.63) is 75.6 Å². The van der Waals surface area contributed by atoms with Crippen LogP contribution in [0.25, 0.3) is 0 Å². The summed E-state index contributed by atoms with van der Waals surface area (Å²) in [5.74, 6) is -0.472. The molecule has 0 saturated carbocycles. The summed E-state index contributed by atoms with van der Waals surface area (Å²) in [6.07, 6.45) is 0. The fourth-order valence-corrected chi connectivity index (χ4v) is 3.09. The number of rotatable bonds is 4. The van der Waals surface area contributed by atoms with Crippen molar-refractivity contribution < 1.29 is 19.0 Å². The summed E-state index contributed by atoms with van der Waals surface area (Å²) < 4.78 is 13.0. The molecule has 2 aromatic carbocycles. The Morgan fingerprint density at radius 1 is 1.12 bits per heavy atom. The molecule has 0 aliphatic carbocycles. The Kier molecular flexibility index (Phi) is 5.04. The molecule has 1 N–H and O–H groups in total. The standard InChI is InChI=1S/C18H18FN3O3/c19-16-7-5-14(6-8-16)18(23)21-11-9-20(10-12-21)13-15-3-1-2-4-17(15)22(24)25/h1-8H,9-13H2/p+1. The minimum Gasteiger partial charge on any atom is -0.328 e. The fourth-order valence-electron chi connectivity index (χ4n) is 3.09. The van der Waals surface area contributed by atoms with Crippen molar-refractivity contribution in [2.75, 3.05) is 26.2 Å². The Hall–Kier alpha value is -2.80. The molecule has 1 aliphatic rings. The maximum Gasteiger partial charge on any atom is 0.278 e. The van der Waals surface area contributed by atoms with Crippen molar-refractivity contribution in [3.8, 4) is 0 Å². The molecule has 0 bridgehead atoms. The second kappa shape index (κ2) is 7.40. The molecule has 0 radical (unpaired) electrons. The van der Waals surface area contributed by atoms with Gasteiger partial charge in [-0.15, -0.1) is 0 Å². The molecule has 7 heteroatoms. The number of carbonyl (C=O) groups excluding carboxylic acids is 1. The SMILES string of the molecule is O=C(c1ccc(F)cc1)N1CC[NH+](Cc2ccccc2[N+](=O)[O-])CC1. The number of halogens is 1. The fraction of sp³-hybridized carbons (Fsp3) is 0.278. The smallest absolute Gasteiger partial charge is 0.278 e. The van der Waals surface area contributed by atoms with E-state index in [1.807, 2.05) is 0 Å². The summed E-state index contributed by atoms with van der Waals surface area (Å²) in [7, 11) is 0. The molecule has 0 aromatic heterocycles. The first-order valence-electron chi connectivity index (χ1n) is 8.15. The summed E-state index contributed by atoms with van der Waals surface area (Å²) in [5.41, 5.74) is 1.32. The van der Waals surface area contributed by atoms with Gasteiger partial charge < -0.3 is 9.80 Å². The van der Waals surface area contributed by atoms with Gasteiger partial charge in [0.1, 0.15) is 12.4 Å². The number of amides is 1. The number of carbonyl (C=O) groups is 1. The van der Waals surface area contributed by atoms with Gasteiger partial charge in [-0.2, -0.15) is 0 Å². The number of piperazine rings is 1. The van der Waals surface area contributed by atoms with Gasteiger partial charge in [-0.25, -0.2) is 4.39 Å². The van der Waals surface area contributed by atoms with Crippen LogP contribution in [-0.4, -0.2) is 41.9 Å². The minimum absolute atomic E-state index is 0.107. The van der Waals surface area contributed by atoms with Crippen molar-refractivity contribution in [2.24, 2.45) is 0 Å². The van der Waals surface area contributed by atoms with Crippen LogP contribution >= 0.6 is 0 Å². The van der Waals surface area contributed by atoms with Gasteiger partial charge in [0, 0.05) is 11.6 Å². The zero-order chi connectivity index (χ0) is 17.8. The molecule has 0 unspecified atom stereocenters. The van der Waals surface area contributed by atoms with Crippen LogP contribution in [0.1, 0.15) is 15.9 Å². The quantitative estimate of drug-likeness (QED) is 0.671. The first-order valence-corrected chi connectivity index (χ1v) is 8.15. The van der Waals surface area contributed by atoms with Crippen LogP contribution in [0.2, 0.25) is 0 Å². The Morgan fingerprint density at radius 2 is 1.76 bits per heavy atom. The van der Waals surface area contributed by atoms with Crippen LogP contribution in [0.5, 0.6) is 0 Å². The number of nitro benzene ring substituents is 1. The van der Waals surface area contributed by atoms with E-state index < -0.39 is 0 Å². The zero-order valence-electron chi connectivity index (χ0n) is 13.7. The minimum atomic E-state index is -0.365. The second-order valence-corrected chi connectivity index (χ2v) is 6.11. The predicted molar refractivity (Wildman–Crippen MR) is 89.8 cm³/mol. The number of hydrogen-bond donors (Lipinski definition) is 1. The number of para-hydroxylation sites is 1. The van der Waals surface area contributed by atoms with Gasteiger partial charge in [-0.05, 0) is 30.3 Å². The van der Waals surface area contributed by atoms with E-state index in [0.717, 1.165) is 13.1 Å². The molecule has 3 rings (SSSR count). The van der Waals surface area contributed by atoms with Crippen LogP contribution in [0.3, 0.4) is 0 Å². The van der Waals surface area contributed by atoms with E-state index in [0.29, 0.717) is 30.8 Å². The van der Waals surface area contributed by atoms with E-state index >= 15 is 0 Å². The molecule has 1 heterocycles. The molecule has 130 valence electrons. The third-order valence-electron chi connectivity index (χ3n) is 4.48. The molecular weight excluding hydrogens is 325 g/mol. The number of nitrogens with one attached hydrogen (secondary N) is 1. The van der Waals surface area contributed by atoms with Crippen molar-refractivity contribution in [1.29, 1.82) is 0 Å². The summed E-state index contributed by atoms with van der Waals surface area (Å²) in [4.78, 5) is 26.1. The first-order chi connectivity index (χ1) is 12.0. The van der Waals surface area contributed by atoms with Gasteiger partial charge in [-0.1, -0.05) is 12.1 Å². The van der Waals surface area contributed by atoms with E-state index in [1.54, 1.807) is 23.1 Å². The number of nitro groups is 1. The lowest BCUT2D eigenvalue weighted by Gasteiger charge is -2.32. The van der Waals surface area contributed by atoms with E-state index in [2.05, 4.69) is 0 Å². The van der Waals surface area contributed by atoms with Gasteiger partial charge in [0.15, 0.2) is 0 Å². The van der Waals surface area contributed by atoms with E-state index in [1.165, 1.54) is 35.2 Å². The van der Waals surface area contributed by atoms with Gasteiger partial charge in [-0.3, -0.25) is 14.9 Å². The molecule has 1 amide bonds. The van der Waals surface area contributed by atoms with Crippen LogP contribution in [0.15, 0.2) is 48.5 Å². The van der Waals surface area contributed by atoms with E-state index in [4.69, 9.17) is 0 Å². The summed E-state index contributed by atoms with van der Waals surface area (Å²) in [6, 6.07) is 12.3. The summed E-state index contributed by atoms with van der Waals surface area (Å²) in [6.45, 7) is 3.16. The summed E-state index contributed by atoms with van der Waals surface area (Å²) >= 11 is 0. The normalized spacial score (nSPS) is 15.2. The van der Waals surface area contributed by atoms with Gasteiger partial charge in [0.25, 0.3) is 11.6 Å². The maximum absolute atomic E-state index is 13.0. The number of quaternary nitrogens is 1. The van der Waals surface area contributed by atoms with Crippen molar-refractivity contribution in [2.45, 2.75) is 6.54 Å². The Bertz CT molecular complexity index is 771. The molecule has 6 nitrogen and oxygen atoms in total. The molecule has 0 atom stereocenters. The lowest BCUT2D eigenvalue weighted by Crippen LogP contribution is -3.13. The molecule has 1 fully saturated rings. The molecule has 2 aromatic rings. The van der Waals surface area contributed by atoms with Gasteiger partial charge in [0.05, 0.1) is 36.7 Å². The number of hydrogen-bond acceptors (Lipinski definition) is 3. The lowest BCUT2D eigenvalue weighted by atomic mass is 10.1. The van der Waals surface area contributed by atoms with Crippen molar-refractivity contribution >= 4 is 11.6 Å². The Balaban J connectivity index is 1.60. The molecule has 0 spiro atoms. The van der Waals surface area contributed by atoms with Crippen LogP contribution in [-0.2, 0) is 6.54 Å². The average molecular weight is 344 g/mol. The van der Waals surface area contributed by atoms with Crippen molar-refractivity contribution in [1.82, 2.24) is 4.90 Å². The maximum atomic E-state index is 13.0. The summed E-state index contributed by atoms with van der Waals surface area (Å²) in [5, 5.41) is 11.1. The van der Waals surface area contributed by atoms with Gasteiger partial charge >= 0.3 is 0 Å². The topological polar surface area (TPSA) is 67.9 Å². The second-order valence-electron chi connectivity index (χ2n) is 6.11. The molecule has 1 aliphatic heterocycles. The largest absolute Gasteiger partial charge is 0.328 e. The predicted octanol–water partition coefficient (Wildman–Crippen LogP) is 1.27. The highest BCUT2D eigenvalue weighted by Crippen LogP contribution is 2.16. The van der Waals surface area contributed by atoms with Gasteiger partial charge in [0.2, 0.25) is 0 Å². The highest BCUT2D eigenvalue weighted by atomic mass is 19.1. The third-order valence-corrected chi connectivity index (χ3v) is 4.48. The first kappa shape index (κ1) is 17.0. The third kappa shape index (κ3) is 4.00. The Morgan fingerprint density at radius 3 is 2.40 bits per heavy atom. The van der Waals surface area contributed by atoms with Crippen LogP contribution in [0.4, 0.5) is 10.1 Å². The highest BCUT2D eigenvalue weighted by molar-refractivity contribution is 5.94. The highest BCUT2D eigenvalue weighted by Gasteiger charge is 2.26. The molecule has 25 heavy (non-hydrogen) atoms. The zero-order valence-corrected chi connectivity index (χ0v) is 13.7. The molecule has 1 saturated heterocycles. The monoisotopic (exact) mass is 344 g/mol. The molecular formula is C18H19FN3O3+. The number of benzene rings is 2. The number of nitrogens with zero attached hydrogens (tertiary/aromatic N) is 2. The van der Waals surface area contributed by atoms with E-state index in [9.17, 15) is 19.3 Å². The van der Waals surface area contributed by atoms with Crippen LogP contribution in [0, 0.1) is 15.9 Å². The average Bonchev–Trinajstić information content (AvgIpc) is 2.63. The van der Waals surface area contributed by atoms with Crippen molar-refractivity contribution in [3.63, 3.8) is 0 Å². The van der Waals surface area contributed by atoms with Crippen LogP contribution < -0.4 is 4.90 Å². The Labute approximate surface area is 144 Å². The van der Waals surface area contributed by atoms with E-state index in [-0.39, 0.29) is 22.3 Å².